The van der Waals surface area contributed by atoms with Crippen LogP contribution >= 0.6 is 0 Å². The molecule has 1 amide bonds. The molecule has 0 bridgehead atoms. The average Bonchev–Trinajstić information content (AvgIpc) is 3.38. The molecule has 2 aliphatic heterocycles. The zero-order valence-corrected chi connectivity index (χ0v) is 16.7. The van der Waals surface area contributed by atoms with Gasteiger partial charge in [0.15, 0.2) is 5.65 Å². The third kappa shape index (κ3) is 3.68. The molecule has 2 saturated heterocycles. The number of carbonyl (C=O) groups excluding carboxylic acids is 1. The largest absolute Gasteiger partial charge is 0.391 e. The Morgan fingerprint density at radius 2 is 2.03 bits per heavy atom. The van der Waals surface area contributed by atoms with E-state index in [1.165, 1.54) is 0 Å². The highest BCUT2D eigenvalue weighted by molar-refractivity contribution is 5.96. The van der Waals surface area contributed by atoms with Crippen molar-refractivity contribution in [1.29, 1.82) is 0 Å². The Hall–Kier alpha value is -2.84. The van der Waals surface area contributed by atoms with Crippen LogP contribution in [0.4, 0.5) is 0 Å². The van der Waals surface area contributed by atoms with E-state index in [4.69, 9.17) is 4.74 Å². The van der Waals surface area contributed by atoms with Gasteiger partial charge in [-0.3, -0.25) is 9.78 Å². The number of likely N-dealkylation sites (tertiary alicyclic amines) is 1. The molecular formula is C22H25N5O3. The van der Waals surface area contributed by atoms with Gasteiger partial charge in [-0.15, -0.1) is 0 Å². The van der Waals surface area contributed by atoms with E-state index in [-0.39, 0.29) is 11.8 Å². The first-order chi connectivity index (χ1) is 14.7. The molecular weight excluding hydrogens is 382 g/mol. The minimum absolute atomic E-state index is 0.0201. The van der Waals surface area contributed by atoms with Crippen LogP contribution < -0.4 is 0 Å². The van der Waals surface area contributed by atoms with Crippen LogP contribution in [0.15, 0.2) is 43.0 Å². The molecule has 0 aliphatic carbocycles. The van der Waals surface area contributed by atoms with Gasteiger partial charge in [-0.2, -0.15) is 0 Å². The van der Waals surface area contributed by atoms with Gasteiger partial charge in [0.25, 0.3) is 5.91 Å². The quantitative estimate of drug-likeness (QED) is 0.710. The molecule has 0 spiro atoms. The zero-order chi connectivity index (χ0) is 20.5. The molecule has 2 fully saturated rings. The summed E-state index contributed by atoms with van der Waals surface area (Å²) in [6.45, 7) is 2.33. The summed E-state index contributed by atoms with van der Waals surface area (Å²) in [5, 5.41) is 10.5. The van der Waals surface area contributed by atoms with Crippen LogP contribution in [0.5, 0.6) is 0 Å². The van der Waals surface area contributed by atoms with Crippen LogP contribution in [0.3, 0.4) is 0 Å². The lowest BCUT2D eigenvalue weighted by molar-refractivity contribution is 0.0704. The maximum atomic E-state index is 13.1. The highest BCUT2D eigenvalue weighted by Gasteiger charge is 2.35. The number of amides is 1. The molecule has 3 aromatic rings. The summed E-state index contributed by atoms with van der Waals surface area (Å²) < 4.78 is 7.54. The van der Waals surface area contributed by atoms with Gasteiger partial charge in [-0.25, -0.2) is 9.97 Å². The Balaban J connectivity index is 1.31. The summed E-state index contributed by atoms with van der Waals surface area (Å²) in [7, 11) is 0. The fourth-order valence-corrected chi connectivity index (χ4v) is 4.46. The van der Waals surface area contributed by atoms with Crippen LogP contribution in [0.25, 0.3) is 11.2 Å². The number of aliphatic hydroxyl groups excluding tert-OH is 1. The number of fused-ring (bicyclic) bond motifs is 1. The smallest absolute Gasteiger partial charge is 0.255 e. The van der Waals surface area contributed by atoms with Crippen molar-refractivity contribution >= 4 is 17.1 Å². The summed E-state index contributed by atoms with van der Waals surface area (Å²) in [6, 6.07) is 7.89. The number of carbonyl (C=O) groups is 1. The molecule has 30 heavy (non-hydrogen) atoms. The van der Waals surface area contributed by atoms with Crippen molar-refractivity contribution in [1.82, 2.24) is 24.4 Å². The van der Waals surface area contributed by atoms with Crippen molar-refractivity contribution in [2.45, 2.75) is 31.4 Å². The number of aromatic nitrogens is 4. The summed E-state index contributed by atoms with van der Waals surface area (Å²) in [5.74, 6) is -0.138. The fraction of sp³-hybridized carbons (Fsp3) is 0.455. The van der Waals surface area contributed by atoms with E-state index >= 15 is 0 Å². The predicted octanol–water partition coefficient (Wildman–Crippen LogP) is 1.85. The van der Waals surface area contributed by atoms with Crippen LogP contribution in [0.1, 0.15) is 34.9 Å². The van der Waals surface area contributed by atoms with Crippen LogP contribution in [0.2, 0.25) is 0 Å². The third-order valence-electron chi connectivity index (χ3n) is 6.14. The Bertz CT molecular complexity index is 1030. The molecule has 8 nitrogen and oxygen atoms in total. The second-order valence-electron chi connectivity index (χ2n) is 8.12. The second-order valence-corrected chi connectivity index (χ2v) is 8.12. The topological polar surface area (TPSA) is 93.4 Å². The van der Waals surface area contributed by atoms with Gasteiger partial charge < -0.3 is 19.3 Å². The van der Waals surface area contributed by atoms with E-state index in [0.717, 1.165) is 42.9 Å². The first-order valence-electron chi connectivity index (χ1n) is 10.5. The van der Waals surface area contributed by atoms with Gasteiger partial charge in [-0.1, -0.05) is 6.07 Å². The standard InChI is InChI=1S/C22H25N5O3/c28-20-13-26(12-16(20)9-17-3-1-2-6-23-17)22(29)15-10-19-21(24-11-15)27(14-25-19)18-4-7-30-8-5-18/h1-3,6,10-11,14,16,18,20,28H,4-5,7-9,12-13H2/t16-,20-/m1/s1. The van der Waals surface area contributed by atoms with Crippen LogP contribution in [0, 0.1) is 5.92 Å². The molecule has 3 aromatic heterocycles. The first kappa shape index (κ1) is 19.1. The second kappa shape index (κ2) is 8.12. The molecule has 0 saturated carbocycles. The average molecular weight is 407 g/mol. The highest BCUT2D eigenvalue weighted by atomic mass is 16.5. The zero-order valence-electron chi connectivity index (χ0n) is 16.7. The lowest BCUT2D eigenvalue weighted by Crippen LogP contribution is -2.29. The van der Waals surface area contributed by atoms with Crippen LogP contribution in [-0.4, -0.2) is 67.8 Å². The number of rotatable bonds is 4. The molecule has 0 radical (unpaired) electrons. The van der Waals surface area contributed by atoms with E-state index in [1.54, 1.807) is 23.4 Å². The van der Waals surface area contributed by atoms with Gasteiger partial charge in [0.2, 0.25) is 0 Å². The Kier molecular flexibility index (Phi) is 5.18. The number of pyridine rings is 2. The molecule has 5 heterocycles. The van der Waals surface area contributed by atoms with Crippen LogP contribution in [-0.2, 0) is 11.2 Å². The normalized spacial score (nSPS) is 22.6. The van der Waals surface area contributed by atoms with E-state index < -0.39 is 6.10 Å². The minimum Gasteiger partial charge on any atom is -0.391 e. The van der Waals surface area contributed by atoms with Gasteiger partial charge in [0.1, 0.15) is 5.52 Å². The van der Waals surface area contributed by atoms with Crippen molar-refractivity contribution in [3.8, 4) is 0 Å². The van der Waals surface area contributed by atoms with Gasteiger partial charge in [0.05, 0.1) is 18.0 Å². The predicted molar refractivity (Wildman–Crippen MR) is 110 cm³/mol. The SMILES string of the molecule is O=C(c1cnc2c(c1)ncn2C1CCOCC1)N1C[C@@H](Cc2ccccn2)[C@H](O)C1. The maximum absolute atomic E-state index is 13.1. The number of imidazole rings is 1. The molecule has 156 valence electrons. The lowest BCUT2D eigenvalue weighted by atomic mass is 10.00. The number of aliphatic hydroxyl groups is 1. The molecule has 5 rings (SSSR count). The van der Waals surface area contributed by atoms with Crippen molar-refractivity contribution in [3.63, 3.8) is 0 Å². The highest BCUT2D eigenvalue weighted by Crippen LogP contribution is 2.26. The van der Waals surface area contributed by atoms with E-state index in [2.05, 4.69) is 19.5 Å². The van der Waals surface area contributed by atoms with Gasteiger partial charge in [-0.05, 0) is 37.5 Å². The Morgan fingerprint density at radius 3 is 2.83 bits per heavy atom. The summed E-state index contributed by atoms with van der Waals surface area (Å²) >= 11 is 0. The Labute approximate surface area is 174 Å². The molecule has 2 aliphatic rings. The minimum atomic E-state index is -0.555. The molecule has 1 N–H and O–H groups in total. The van der Waals surface area contributed by atoms with Crippen molar-refractivity contribution < 1.29 is 14.6 Å². The van der Waals surface area contributed by atoms with Crippen molar-refractivity contribution in [3.05, 3.63) is 54.2 Å². The lowest BCUT2D eigenvalue weighted by Gasteiger charge is -2.23. The molecule has 0 aromatic carbocycles. The summed E-state index contributed by atoms with van der Waals surface area (Å²) in [6.07, 6.45) is 7.16. The number of hydrogen-bond acceptors (Lipinski definition) is 6. The van der Waals surface area contributed by atoms with Crippen molar-refractivity contribution in [2.24, 2.45) is 5.92 Å². The monoisotopic (exact) mass is 407 g/mol. The van der Waals surface area contributed by atoms with Crippen molar-refractivity contribution in [2.75, 3.05) is 26.3 Å². The fourth-order valence-electron chi connectivity index (χ4n) is 4.46. The van der Waals surface area contributed by atoms with E-state index in [0.29, 0.717) is 31.1 Å². The maximum Gasteiger partial charge on any atom is 0.255 e. The number of ether oxygens (including phenoxy) is 1. The Morgan fingerprint density at radius 1 is 1.17 bits per heavy atom. The number of nitrogens with zero attached hydrogens (tertiary/aromatic N) is 5. The third-order valence-corrected chi connectivity index (χ3v) is 6.14. The van der Waals surface area contributed by atoms with Gasteiger partial charge >= 0.3 is 0 Å². The number of hydrogen-bond donors (Lipinski definition) is 1. The molecule has 0 unspecified atom stereocenters. The molecule has 8 heteroatoms. The number of β-amino-alcohol motifs (C(OH)–C–C–N with tert-alkyl or cyclic N) is 1. The van der Waals surface area contributed by atoms with E-state index in [1.807, 2.05) is 24.5 Å². The summed E-state index contributed by atoms with van der Waals surface area (Å²) in [4.78, 5) is 28.1. The van der Waals surface area contributed by atoms with E-state index in [9.17, 15) is 9.90 Å². The van der Waals surface area contributed by atoms with Gasteiger partial charge in [0, 0.05) is 56.4 Å². The summed E-state index contributed by atoms with van der Waals surface area (Å²) in [5.41, 5.74) is 2.95. The molecule has 2 atom stereocenters. The first-order valence-corrected chi connectivity index (χ1v) is 10.5.